The molecule has 1 aromatic carbocycles. The molecule has 0 aliphatic carbocycles. The fourth-order valence-electron chi connectivity index (χ4n) is 2.08. The lowest BCUT2D eigenvalue weighted by molar-refractivity contribution is -0.139. The van der Waals surface area contributed by atoms with Crippen molar-refractivity contribution in [3.63, 3.8) is 0 Å². The Morgan fingerprint density at radius 2 is 1.86 bits per heavy atom. The van der Waals surface area contributed by atoms with Crippen LogP contribution in [0.25, 0.3) is 0 Å². The van der Waals surface area contributed by atoms with Gasteiger partial charge in [-0.3, -0.25) is 0 Å². The summed E-state index contributed by atoms with van der Waals surface area (Å²) < 4.78 is 13.5. The van der Waals surface area contributed by atoms with Crippen molar-refractivity contribution in [3.8, 4) is 0 Å². The molecule has 0 aliphatic heterocycles. The summed E-state index contributed by atoms with van der Waals surface area (Å²) >= 11 is 0. The molecule has 0 radical (unpaired) electrons. The van der Waals surface area contributed by atoms with Crippen molar-refractivity contribution in [1.29, 1.82) is 0 Å². The predicted octanol–water partition coefficient (Wildman–Crippen LogP) is 2.50. The number of carbonyl (C=O) groups excluding carboxylic acids is 1. The molecule has 6 heteroatoms. The first-order valence-electron chi connectivity index (χ1n) is 6.88. The molecule has 0 saturated carbocycles. The Morgan fingerprint density at radius 1 is 1.29 bits per heavy atom. The fraction of sp³-hybridized carbons (Fsp3) is 0.467. The molecule has 0 bridgehead atoms. The highest BCUT2D eigenvalue weighted by molar-refractivity contribution is 5.82. The molecule has 0 unspecified atom stereocenters. The van der Waals surface area contributed by atoms with Crippen LogP contribution in [0, 0.1) is 19.7 Å². The van der Waals surface area contributed by atoms with Crippen LogP contribution in [-0.4, -0.2) is 23.1 Å². The molecular weight excluding hydrogens is 275 g/mol. The van der Waals surface area contributed by atoms with Crippen LogP contribution in [0.1, 0.15) is 36.5 Å². The highest BCUT2D eigenvalue weighted by Crippen LogP contribution is 2.14. The molecule has 0 spiro atoms. The van der Waals surface area contributed by atoms with Gasteiger partial charge in [-0.05, 0) is 37.0 Å². The summed E-state index contributed by atoms with van der Waals surface area (Å²) in [7, 11) is 0. The van der Waals surface area contributed by atoms with E-state index >= 15 is 0 Å². The van der Waals surface area contributed by atoms with E-state index in [2.05, 4.69) is 10.6 Å². The zero-order valence-electron chi connectivity index (χ0n) is 12.5. The predicted molar refractivity (Wildman–Crippen MR) is 77.6 cm³/mol. The van der Waals surface area contributed by atoms with Crippen molar-refractivity contribution in [3.05, 3.63) is 34.6 Å². The molecule has 116 valence electrons. The number of aliphatic carboxylic acids is 1. The number of carboxylic acids is 1. The Bertz CT molecular complexity index is 509. The number of amides is 2. The zero-order valence-corrected chi connectivity index (χ0v) is 12.5. The van der Waals surface area contributed by atoms with Crippen molar-refractivity contribution in [1.82, 2.24) is 10.6 Å². The Morgan fingerprint density at radius 3 is 2.33 bits per heavy atom. The van der Waals surface area contributed by atoms with Crippen molar-refractivity contribution < 1.29 is 19.1 Å². The van der Waals surface area contributed by atoms with Crippen LogP contribution in [0.2, 0.25) is 0 Å². The number of carboxylic acid groups (broad SMARTS) is 1. The average molecular weight is 296 g/mol. The van der Waals surface area contributed by atoms with E-state index in [9.17, 15) is 14.0 Å². The minimum Gasteiger partial charge on any atom is -0.480 e. The fourth-order valence-corrected chi connectivity index (χ4v) is 2.08. The van der Waals surface area contributed by atoms with Gasteiger partial charge in [-0.15, -0.1) is 0 Å². The van der Waals surface area contributed by atoms with Crippen molar-refractivity contribution in [2.45, 2.75) is 46.2 Å². The smallest absolute Gasteiger partial charge is 0.326 e. The summed E-state index contributed by atoms with van der Waals surface area (Å²) in [6.45, 7) is 5.38. The molecule has 0 aliphatic rings. The van der Waals surface area contributed by atoms with Gasteiger partial charge in [0.2, 0.25) is 0 Å². The number of carbonyl (C=O) groups is 2. The molecule has 21 heavy (non-hydrogen) atoms. The average Bonchev–Trinajstić information content (AvgIpc) is 2.41. The quantitative estimate of drug-likeness (QED) is 0.754. The molecular formula is C15H21FN2O3. The van der Waals surface area contributed by atoms with Crippen LogP contribution in [0.5, 0.6) is 0 Å². The highest BCUT2D eigenvalue weighted by Gasteiger charge is 2.18. The standard InChI is InChI=1S/C15H21FN2O3/c1-4-5-12(14(19)20)18-15(21)17-8-11-6-9(2)13(16)10(3)7-11/h6-7,12H,4-5,8H2,1-3H3,(H,19,20)(H2,17,18,21)/t12-/m0/s1. The second-order valence-corrected chi connectivity index (χ2v) is 5.05. The number of benzene rings is 1. The van der Waals surface area contributed by atoms with E-state index in [1.165, 1.54) is 0 Å². The number of rotatable bonds is 6. The largest absolute Gasteiger partial charge is 0.480 e. The maximum absolute atomic E-state index is 13.5. The zero-order chi connectivity index (χ0) is 16.0. The Labute approximate surface area is 123 Å². The summed E-state index contributed by atoms with van der Waals surface area (Å²) in [5.41, 5.74) is 1.80. The number of hydrogen-bond acceptors (Lipinski definition) is 2. The van der Waals surface area contributed by atoms with Gasteiger partial charge in [0.1, 0.15) is 11.9 Å². The maximum Gasteiger partial charge on any atom is 0.326 e. The van der Waals surface area contributed by atoms with Gasteiger partial charge in [0.05, 0.1) is 0 Å². The lowest BCUT2D eigenvalue weighted by Crippen LogP contribution is -2.45. The Hall–Kier alpha value is -2.11. The molecule has 1 aromatic rings. The molecule has 0 saturated heterocycles. The first kappa shape index (κ1) is 16.9. The van der Waals surface area contributed by atoms with Crippen LogP contribution >= 0.6 is 0 Å². The van der Waals surface area contributed by atoms with Gasteiger partial charge in [0, 0.05) is 6.54 Å². The van der Waals surface area contributed by atoms with Crippen molar-refractivity contribution in [2.24, 2.45) is 0 Å². The summed E-state index contributed by atoms with van der Waals surface area (Å²) in [5.74, 6) is -1.31. The second kappa shape index (κ2) is 7.61. The number of aryl methyl sites for hydroxylation is 2. The first-order valence-corrected chi connectivity index (χ1v) is 6.88. The second-order valence-electron chi connectivity index (χ2n) is 5.05. The van der Waals surface area contributed by atoms with E-state index < -0.39 is 18.0 Å². The molecule has 0 fully saturated rings. The minimum absolute atomic E-state index is 0.215. The number of urea groups is 1. The van der Waals surface area contributed by atoms with E-state index in [0.717, 1.165) is 5.56 Å². The summed E-state index contributed by atoms with van der Waals surface area (Å²) in [4.78, 5) is 22.6. The van der Waals surface area contributed by atoms with Gasteiger partial charge < -0.3 is 15.7 Å². The van der Waals surface area contributed by atoms with Crippen LogP contribution in [0.15, 0.2) is 12.1 Å². The molecule has 0 aromatic heterocycles. The van der Waals surface area contributed by atoms with Gasteiger partial charge in [0.15, 0.2) is 0 Å². The minimum atomic E-state index is -1.06. The third-order valence-corrected chi connectivity index (χ3v) is 3.13. The van der Waals surface area contributed by atoms with Gasteiger partial charge in [-0.2, -0.15) is 0 Å². The maximum atomic E-state index is 13.5. The van der Waals surface area contributed by atoms with E-state index in [1.54, 1.807) is 26.0 Å². The molecule has 1 rings (SSSR count). The Kier molecular flexibility index (Phi) is 6.14. The lowest BCUT2D eigenvalue weighted by Gasteiger charge is -2.14. The van der Waals surface area contributed by atoms with Crippen LogP contribution in [0.4, 0.5) is 9.18 Å². The molecule has 3 N–H and O–H groups in total. The summed E-state index contributed by atoms with van der Waals surface area (Å²) in [6, 6.07) is 1.87. The van der Waals surface area contributed by atoms with Gasteiger partial charge in [-0.25, -0.2) is 14.0 Å². The van der Waals surface area contributed by atoms with E-state index in [0.29, 0.717) is 24.0 Å². The van der Waals surface area contributed by atoms with Crippen LogP contribution in [0.3, 0.4) is 0 Å². The van der Waals surface area contributed by atoms with Crippen molar-refractivity contribution >= 4 is 12.0 Å². The lowest BCUT2D eigenvalue weighted by atomic mass is 10.1. The van der Waals surface area contributed by atoms with Crippen molar-refractivity contribution in [2.75, 3.05) is 0 Å². The summed E-state index contributed by atoms with van der Waals surface area (Å²) in [6.07, 6.45) is 1.03. The van der Waals surface area contributed by atoms with E-state index in [-0.39, 0.29) is 12.4 Å². The van der Waals surface area contributed by atoms with E-state index in [4.69, 9.17) is 5.11 Å². The molecule has 1 atom stereocenters. The number of halogens is 1. The van der Waals surface area contributed by atoms with Gasteiger partial charge in [0.25, 0.3) is 0 Å². The molecule has 2 amide bonds. The molecule has 5 nitrogen and oxygen atoms in total. The van der Waals surface area contributed by atoms with Gasteiger partial charge >= 0.3 is 12.0 Å². The first-order chi connectivity index (χ1) is 9.85. The monoisotopic (exact) mass is 296 g/mol. The third kappa shape index (κ3) is 5.06. The summed E-state index contributed by atoms with van der Waals surface area (Å²) in [5, 5.41) is 13.9. The normalized spacial score (nSPS) is 11.8. The van der Waals surface area contributed by atoms with Crippen LogP contribution in [-0.2, 0) is 11.3 Å². The third-order valence-electron chi connectivity index (χ3n) is 3.13. The highest BCUT2D eigenvalue weighted by atomic mass is 19.1. The molecule has 0 heterocycles. The van der Waals surface area contributed by atoms with Crippen LogP contribution < -0.4 is 10.6 Å². The number of hydrogen-bond donors (Lipinski definition) is 3. The number of nitrogens with one attached hydrogen (secondary N) is 2. The van der Waals surface area contributed by atoms with E-state index in [1.807, 2.05) is 6.92 Å². The Balaban J connectivity index is 2.58. The SMILES string of the molecule is CCC[C@H](NC(=O)NCc1cc(C)c(F)c(C)c1)C(=O)O. The van der Waals surface area contributed by atoms with Gasteiger partial charge in [-0.1, -0.05) is 25.5 Å². The topological polar surface area (TPSA) is 78.4 Å².